The lowest BCUT2D eigenvalue weighted by molar-refractivity contribution is 0.168. The van der Waals surface area contributed by atoms with E-state index in [-0.39, 0.29) is 6.04 Å². The highest BCUT2D eigenvalue weighted by molar-refractivity contribution is 7.12. The molecule has 3 rings (SSSR count). The van der Waals surface area contributed by atoms with Crippen LogP contribution >= 0.6 is 11.3 Å². The van der Waals surface area contributed by atoms with Crippen LogP contribution in [0, 0.1) is 0 Å². The molecule has 1 aromatic rings. The third-order valence-electron chi connectivity index (χ3n) is 3.71. The second-order valence-electron chi connectivity index (χ2n) is 5.00. The molecular weight excluding hydrogens is 244 g/mol. The van der Waals surface area contributed by atoms with E-state index in [4.69, 9.17) is 10.6 Å². The van der Waals surface area contributed by atoms with E-state index in [0.717, 1.165) is 25.2 Å². The van der Waals surface area contributed by atoms with Crippen LogP contribution < -0.4 is 11.3 Å². The predicted molar refractivity (Wildman–Crippen MR) is 74.3 cm³/mol. The van der Waals surface area contributed by atoms with Gasteiger partial charge in [0.1, 0.15) is 11.8 Å². The van der Waals surface area contributed by atoms with Crippen LogP contribution in [-0.2, 0) is 17.6 Å². The topological polar surface area (TPSA) is 47.3 Å². The van der Waals surface area contributed by atoms with Gasteiger partial charge in [-0.3, -0.25) is 5.84 Å². The van der Waals surface area contributed by atoms with Gasteiger partial charge in [-0.05, 0) is 56.2 Å². The second kappa shape index (κ2) is 5.43. The fourth-order valence-corrected chi connectivity index (χ4v) is 4.06. The summed E-state index contributed by atoms with van der Waals surface area (Å²) in [6, 6.07) is 2.36. The molecule has 98 valence electrons. The van der Waals surface area contributed by atoms with E-state index in [1.165, 1.54) is 36.1 Å². The molecule has 0 aromatic carbocycles. The third-order valence-corrected chi connectivity index (χ3v) is 5.02. The number of hydrogen-bond acceptors (Lipinski definition) is 4. The largest absolute Gasteiger partial charge is 0.496 e. The van der Waals surface area contributed by atoms with Gasteiger partial charge < -0.3 is 4.74 Å². The van der Waals surface area contributed by atoms with Gasteiger partial charge in [0.05, 0.1) is 6.61 Å². The van der Waals surface area contributed by atoms with E-state index in [1.54, 1.807) is 4.88 Å². The standard InChI is InChI=1S/C14H20N2OS/c15-16-14(11-6-3-4-8-17-11)13-9-10-5-1-2-7-12(10)18-13/h6,9,14,16H,1-5,7-8,15H2. The van der Waals surface area contributed by atoms with Crippen LogP contribution in [0.4, 0.5) is 0 Å². The van der Waals surface area contributed by atoms with Crippen molar-refractivity contribution in [2.24, 2.45) is 5.84 Å². The number of aryl methyl sites for hydroxylation is 2. The van der Waals surface area contributed by atoms with Gasteiger partial charge in [-0.2, -0.15) is 0 Å². The normalized spacial score (nSPS) is 20.8. The van der Waals surface area contributed by atoms with Gasteiger partial charge >= 0.3 is 0 Å². The predicted octanol–water partition coefficient (Wildman–Crippen LogP) is 2.83. The Kier molecular flexibility index (Phi) is 3.68. The molecule has 0 amide bonds. The molecule has 0 saturated carbocycles. The first-order chi connectivity index (χ1) is 8.88. The number of hydrogen-bond donors (Lipinski definition) is 2. The quantitative estimate of drug-likeness (QED) is 0.652. The molecule has 4 heteroatoms. The lowest BCUT2D eigenvalue weighted by atomic mass is 9.98. The summed E-state index contributed by atoms with van der Waals surface area (Å²) in [7, 11) is 0. The number of nitrogens with one attached hydrogen (secondary N) is 1. The number of rotatable bonds is 3. The molecule has 0 spiro atoms. The van der Waals surface area contributed by atoms with Crippen molar-refractivity contribution in [1.82, 2.24) is 5.43 Å². The highest BCUT2D eigenvalue weighted by atomic mass is 32.1. The Bertz CT molecular complexity index is 429. The highest BCUT2D eigenvalue weighted by Gasteiger charge is 2.23. The number of nitrogens with two attached hydrogens (primary N) is 1. The first-order valence-corrected chi connectivity index (χ1v) is 7.60. The minimum atomic E-state index is 0.0425. The number of fused-ring (bicyclic) bond motifs is 1. The van der Waals surface area contributed by atoms with Crippen LogP contribution in [0.3, 0.4) is 0 Å². The molecule has 2 heterocycles. The smallest absolute Gasteiger partial charge is 0.116 e. The molecule has 1 aliphatic heterocycles. The Morgan fingerprint density at radius 2 is 2.17 bits per heavy atom. The lowest BCUT2D eigenvalue weighted by Crippen LogP contribution is -2.30. The summed E-state index contributed by atoms with van der Waals surface area (Å²) in [4.78, 5) is 2.85. The maximum atomic E-state index is 5.74. The minimum Gasteiger partial charge on any atom is -0.496 e. The number of allylic oxidation sites excluding steroid dienone is 1. The SMILES string of the molecule is NNC(C1=CCCCO1)c1cc2c(s1)CCCC2. The summed E-state index contributed by atoms with van der Waals surface area (Å²) in [5, 5.41) is 0. The first-order valence-electron chi connectivity index (χ1n) is 6.79. The van der Waals surface area contributed by atoms with Crippen LogP contribution in [0.2, 0.25) is 0 Å². The Morgan fingerprint density at radius 1 is 1.28 bits per heavy atom. The van der Waals surface area contributed by atoms with Gasteiger partial charge in [-0.1, -0.05) is 0 Å². The van der Waals surface area contributed by atoms with E-state index >= 15 is 0 Å². The van der Waals surface area contributed by atoms with Crippen molar-refractivity contribution in [2.75, 3.05) is 6.61 Å². The molecule has 0 saturated heterocycles. The molecule has 2 aliphatic rings. The molecule has 18 heavy (non-hydrogen) atoms. The maximum absolute atomic E-state index is 5.74. The maximum Gasteiger partial charge on any atom is 0.116 e. The van der Waals surface area contributed by atoms with Crippen molar-refractivity contribution >= 4 is 11.3 Å². The molecule has 0 bridgehead atoms. The zero-order valence-corrected chi connectivity index (χ0v) is 11.4. The fraction of sp³-hybridized carbons (Fsp3) is 0.571. The Balaban J connectivity index is 1.86. The summed E-state index contributed by atoms with van der Waals surface area (Å²) in [5.74, 6) is 6.73. The van der Waals surface area contributed by atoms with Crippen LogP contribution in [0.1, 0.15) is 47.0 Å². The molecule has 1 unspecified atom stereocenters. The van der Waals surface area contributed by atoms with E-state index in [2.05, 4.69) is 17.6 Å². The van der Waals surface area contributed by atoms with Gasteiger partial charge in [-0.15, -0.1) is 11.3 Å². The number of hydrazine groups is 1. The average Bonchev–Trinajstić information content (AvgIpc) is 2.84. The number of ether oxygens (including phenoxy) is 1. The molecular formula is C14H20N2OS. The molecule has 1 aliphatic carbocycles. The van der Waals surface area contributed by atoms with Crippen molar-refractivity contribution in [2.45, 2.75) is 44.6 Å². The van der Waals surface area contributed by atoms with Crippen LogP contribution in [0.5, 0.6) is 0 Å². The van der Waals surface area contributed by atoms with Crippen LogP contribution in [-0.4, -0.2) is 6.61 Å². The van der Waals surface area contributed by atoms with Gasteiger partial charge in [0.15, 0.2) is 0 Å². The van der Waals surface area contributed by atoms with Crippen molar-refractivity contribution in [3.8, 4) is 0 Å². The zero-order chi connectivity index (χ0) is 12.4. The molecule has 3 nitrogen and oxygen atoms in total. The zero-order valence-electron chi connectivity index (χ0n) is 10.6. The molecule has 0 radical (unpaired) electrons. The molecule has 0 fully saturated rings. The van der Waals surface area contributed by atoms with Crippen LogP contribution in [0.25, 0.3) is 0 Å². The van der Waals surface area contributed by atoms with Gasteiger partial charge in [0, 0.05) is 9.75 Å². The first kappa shape index (κ1) is 12.2. The average molecular weight is 264 g/mol. The van der Waals surface area contributed by atoms with Gasteiger partial charge in [0.2, 0.25) is 0 Å². The summed E-state index contributed by atoms with van der Waals surface area (Å²) >= 11 is 1.90. The van der Waals surface area contributed by atoms with E-state index < -0.39 is 0 Å². The van der Waals surface area contributed by atoms with Gasteiger partial charge in [-0.25, -0.2) is 5.43 Å². The molecule has 1 aromatic heterocycles. The third kappa shape index (κ3) is 2.32. The van der Waals surface area contributed by atoms with Crippen LogP contribution in [0.15, 0.2) is 17.9 Å². The summed E-state index contributed by atoms with van der Waals surface area (Å²) in [5.41, 5.74) is 4.44. The van der Waals surface area contributed by atoms with Crippen molar-refractivity contribution in [3.63, 3.8) is 0 Å². The van der Waals surface area contributed by atoms with Gasteiger partial charge in [0.25, 0.3) is 0 Å². The Labute approximate surface area is 112 Å². The second-order valence-corrected chi connectivity index (χ2v) is 6.17. The minimum absolute atomic E-state index is 0.0425. The molecule has 3 N–H and O–H groups in total. The summed E-state index contributed by atoms with van der Waals surface area (Å²) in [6.07, 6.45) is 9.49. The number of thiophene rings is 1. The van der Waals surface area contributed by atoms with E-state index in [1.807, 2.05) is 11.3 Å². The van der Waals surface area contributed by atoms with E-state index in [9.17, 15) is 0 Å². The summed E-state index contributed by atoms with van der Waals surface area (Å²) < 4.78 is 5.74. The Hall–Kier alpha value is -0.840. The van der Waals surface area contributed by atoms with E-state index in [0.29, 0.717) is 0 Å². The monoisotopic (exact) mass is 264 g/mol. The Morgan fingerprint density at radius 3 is 2.89 bits per heavy atom. The highest BCUT2D eigenvalue weighted by Crippen LogP contribution is 2.36. The van der Waals surface area contributed by atoms with Crippen molar-refractivity contribution in [1.29, 1.82) is 0 Å². The summed E-state index contributed by atoms with van der Waals surface area (Å²) in [6.45, 7) is 0.815. The lowest BCUT2D eigenvalue weighted by Gasteiger charge is -2.22. The fourth-order valence-electron chi connectivity index (χ4n) is 2.74. The van der Waals surface area contributed by atoms with Crippen molar-refractivity contribution < 1.29 is 4.74 Å². The molecule has 1 atom stereocenters. The van der Waals surface area contributed by atoms with Crippen molar-refractivity contribution in [3.05, 3.63) is 33.2 Å².